The van der Waals surface area contributed by atoms with Gasteiger partial charge in [-0.15, -0.1) is 0 Å². The van der Waals surface area contributed by atoms with E-state index in [4.69, 9.17) is 5.73 Å². The number of benzene rings is 1. The van der Waals surface area contributed by atoms with Gasteiger partial charge in [0.15, 0.2) is 0 Å². The van der Waals surface area contributed by atoms with Gasteiger partial charge in [0.05, 0.1) is 0 Å². The number of aryl methyl sites for hydroxylation is 1. The van der Waals surface area contributed by atoms with E-state index in [1.807, 2.05) is 6.07 Å². The molecule has 0 aliphatic rings. The van der Waals surface area contributed by atoms with Crippen molar-refractivity contribution in [3.63, 3.8) is 0 Å². The molecule has 0 fully saturated rings. The topological polar surface area (TPSA) is 66.5 Å². The Balaban J connectivity index is 2.37. The van der Waals surface area contributed by atoms with Crippen LogP contribution in [0.3, 0.4) is 0 Å². The largest absolute Gasteiger partial charge is 0.396 e. The Morgan fingerprint density at radius 3 is 1.81 bits per heavy atom. The van der Waals surface area contributed by atoms with Gasteiger partial charge in [0.1, 0.15) is 0 Å². The first kappa shape index (κ1) is 23.1. The number of aliphatic hydroxyl groups excluding tert-OH is 2. The molecule has 0 spiro atoms. The molecule has 4 N–H and O–H groups in total. The van der Waals surface area contributed by atoms with Crippen LogP contribution in [-0.4, -0.2) is 23.4 Å². The Kier molecular flexibility index (Phi) is 12.6. The van der Waals surface area contributed by atoms with E-state index in [1.54, 1.807) is 0 Å². The Bertz CT molecular complexity index is 455. The maximum atomic E-state index is 9.38. The molecule has 0 aromatic heterocycles. The molecule has 3 nitrogen and oxygen atoms in total. The van der Waals surface area contributed by atoms with Crippen LogP contribution < -0.4 is 5.73 Å². The van der Waals surface area contributed by atoms with E-state index in [0.717, 1.165) is 12.0 Å². The fraction of sp³-hybridized carbons (Fsp3) is 0.739. The predicted octanol–water partition coefficient (Wildman–Crippen LogP) is 5.07. The number of aliphatic hydroxyl groups is 2. The monoisotopic (exact) mass is 363 g/mol. The Morgan fingerprint density at radius 1 is 0.769 bits per heavy atom. The van der Waals surface area contributed by atoms with E-state index < -0.39 is 5.54 Å². The number of hydrogen-bond acceptors (Lipinski definition) is 3. The van der Waals surface area contributed by atoms with Crippen LogP contribution in [0.5, 0.6) is 0 Å². The van der Waals surface area contributed by atoms with Crippen molar-refractivity contribution in [3.05, 3.63) is 35.4 Å². The van der Waals surface area contributed by atoms with Gasteiger partial charge < -0.3 is 15.9 Å². The lowest BCUT2D eigenvalue weighted by Gasteiger charge is -2.31. The van der Waals surface area contributed by atoms with Gasteiger partial charge in [0.25, 0.3) is 0 Å². The molecule has 0 atom stereocenters. The van der Waals surface area contributed by atoms with E-state index in [2.05, 4.69) is 25.1 Å². The summed E-state index contributed by atoms with van der Waals surface area (Å²) < 4.78 is 0. The third-order valence-electron chi connectivity index (χ3n) is 5.47. The van der Waals surface area contributed by atoms with Crippen LogP contribution in [-0.2, 0) is 12.0 Å². The standard InChI is InChI=1S/C23H41NO2/c1-2-3-4-5-6-7-8-9-10-11-14-21-15-12-13-16-22(21)23(24,17-19-25)18-20-26/h12-13,15-16,25-26H,2-11,14,17-20,24H2,1H3. The van der Waals surface area contributed by atoms with Crippen LogP contribution in [0.2, 0.25) is 0 Å². The zero-order valence-electron chi connectivity index (χ0n) is 16.9. The van der Waals surface area contributed by atoms with Gasteiger partial charge in [0.2, 0.25) is 0 Å². The van der Waals surface area contributed by atoms with Crippen molar-refractivity contribution >= 4 is 0 Å². The number of hydrogen-bond donors (Lipinski definition) is 3. The van der Waals surface area contributed by atoms with Crippen molar-refractivity contribution < 1.29 is 10.2 Å². The second kappa shape index (κ2) is 14.2. The smallest absolute Gasteiger partial charge is 0.0456 e. The van der Waals surface area contributed by atoms with Gasteiger partial charge in [-0.3, -0.25) is 0 Å². The van der Waals surface area contributed by atoms with E-state index in [-0.39, 0.29) is 13.2 Å². The van der Waals surface area contributed by atoms with Crippen LogP contribution in [0, 0.1) is 0 Å². The van der Waals surface area contributed by atoms with Crippen LogP contribution in [0.25, 0.3) is 0 Å². The molecule has 3 heteroatoms. The van der Waals surface area contributed by atoms with Crippen LogP contribution >= 0.6 is 0 Å². The molecule has 0 heterocycles. The Hall–Kier alpha value is -0.900. The normalized spacial score (nSPS) is 11.8. The predicted molar refractivity (Wildman–Crippen MR) is 111 cm³/mol. The lowest BCUT2D eigenvalue weighted by atomic mass is 9.81. The summed E-state index contributed by atoms with van der Waals surface area (Å²) >= 11 is 0. The van der Waals surface area contributed by atoms with Crippen molar-refractivity contribution in [1.29, 1.82) is 0 Å². The highest BCUT2D eigenvalue weighted by Crippen LogP contribution is 2.29. The molecule has 0 amide bonds. The first-order valence-electron chi connectivity index (χ1n) is 10.8. The lowest BCUT2D eigenvalue weighted by molar-refractivity contribution is 0.193. The summed E-state index contributed by atoms with van der Waals surface area (Å²) in [4.78, 5) is 0. The average Bonchev–Trinajstić information content (AvgIpc) is 2.64. The van der Waals surface area contributed by atoms with Crippen LogP contribution in [0.4, 0.5) is 0 Å². The summed E-state index contributed by atoms with van der Waals surface area (Å²) in [7, 11) is 0. The van der Waals surface area contributed by atoms with Gasteiger partial charge in [-0.2, -0.15) is 0 Å². The molecule has 26 heavy (non-hydrogen) atoms. The molecule has 1 aromatic carbocycles. The maximum Gasteiger partial charge on any atom is 0.0456 e. The zero-order chi connectivity index (χ0) is 19.1. The van der Waals surface area contributed by atoms with Crippen LogP contribution in [0.1, 0.15) is 95.1 Å². The van der Waals surface area contributed by atoms with Crippen molar-refractivity contribution in [2.75, 3.05) is 13.2 Å². The molecule has 0 saturated heterocycles. The minimum Gasteiger partial charge on any atom is -0.396 e. The van der Waals surface area contributed by atoms with E-state index in [0.29, 0.717) is 12.8 Å². The first-order chi connectivity index (χ1) is 12.7. The van der Waals surface area contributed by atoms with Crippen molar-refractivity contribution in [1.82, 2.24) is 0 Å². The summed E-state index contributed by atoms with van der Waals surface area (Å²) in [6.07, 6.45) is 15.4. The van der Waals surface area contributed by atoms with Crippen molar-refractivity contribution in [3.8, 4) is 0 Å². The van der Waals surface area contributed by atoms with E-state index in [1.165, 1.54) is 69.8 Å². The van der Waals surface area contributed by atoms with Gasteiger partial charge >= 0.3 is 0 Å². The molecule has 0 radical (unpaired) electrons. The maximum absolute atomic E-state index is 9.38. The van der Waals surface area contributed by atoms with E-state index >= 15 is 0 Å². The molecular weight excluding hydrogens is 322 g/mol. The molecule has 0 aliphatic heterocycles. The fourth-order valence-electron chi connectivity index (χ4n) is 3.82. The minimum atomic E-state index is -0.626. The molecule has 0 bridgehead atoms. The Labute approximate surface area is 161 Å². The van der Waals surface area contributed by atoms with Gasteiger partial charge in [-0.25, -0.2) is 0 Å². The second-order valence-corrected chi connectivity index (χ2v) is 7.69. The Morgan fingerprint density at radius 2 is 1.27 bits per heavy atom. The SMILES string of the molecule is CCCCCCCCCCCCc1ccccc1C(N)(CCO)CCO. The molecule has 1 aromatic rings. The summed E-state index contributed by atoms with van der Waals surface area (Å²) in [5.74, 6) is 0. The fourth-order valence-corrected chi connectivity index (χ4v) is 3.82. The average molecular weight is 364 g/mol. The molecule has 1 rings (SSSR count). The van der Waals surface area contributed by atoms with Gasteiger partial charge in [-0.05, 0) is 36.8 Å². The zero-order valence-corrected chi connectivity index (χ0v) is 16.9. The lowest BCUT2D eigenvalue weighted by Crippen LogP contribution is -2.39. The second-order valence-electron chi connectivity index (χ2n) is 7.69. The number of unbranched alkanes of at least 4 members (excludes halogenated alkanes) is 9. The quantitative estimate of drug-likeness (QED) is 0.359. The first-order valence-corrected chi connectivity index (χ1v) is 10.8. The van der Waals surface area contributed by atoms with Gasteiger partial charge in [0, 0.05) is 18.8 Å². The molecular formula is C23H41NO2. The summed E-state index contributed by atoms with van der Waals surface area (Å²) in [6.45, 7) is 2.35. The van der Waals surface area contributed by atoms with E-state index in [9.17, 15) is 10.2 Å². The molecule has 0 unspecified atom stereocenters. The van der Waals surface area contributed by atoms with Crippen molar-refractivity contribution in [2.45, 2.75) is 95.9 Å². The van der Waals surface area contributed by atoms with Gasteiger partial charge in [-0.1, -0.05) is 89.0 Å². The van der Waals surface area contributed by atoms with Crippen molar-refractivity contribution in [2.24, 2.45) is 5.73 Å². The number of nitrogens with two attached hydrogens (primary N) is 1. The highest BCUT2D eigenvalue weighted by atomic mass is 16.3. The minimum absolute atomic E-state index is 0.0447. The summed E-state index contributed by atoms with van der Waals surface area (Å²) in [5.41, 5.74) is 8.29. The third-order valence-corrected chi connectivity index (χ3v) is 5.47. The summed E-state index contributed by atoms with van der Waals surface area (Å²) in [6, 6.07) is 8.29. The molecule has 0 saturated carbocycles. The highest BCUT2D eigenvalue weighted by molar-refractivity contribution is 5.33. The highest BCUT2D eigenvalue weighted by Gasteiger charge is 2.28. The third kappa shape index (κ3) is 8.66. The molecule has 0 aliphatic carbocycles. The number of rotatable bonds is 16. The molecule has 150 valence electrons. The summed E-state index contributed by atoms with van der Waals surface area (Å²) in [5, 5.41) is 18.8. The van der Waals surface area contributed by atoms with Crippen LogP contribution in [0.15, 0.2) is 24.3 Å².